The van der Waals surface area contributed by atoms with Crippen LogP contribution in [0, 0.1) is 13.8 Å². The van der Waals surface area contributed by atoms with Gasteiger partial charge in [-0.15, -0.1) is 0 Å². The maximum Gasteiger partial charge on any atom is 0.168 e. The van der Waals surface area contributed by atoms with E-state index in [0.717, 1.165) is 55.5 Å². The molecule has 0 aliphatic heterocycles. The molecule has 0 bridgehead atoms. The molecule has 3 aromatic heterocycles. The van der Waals surface area contributed by atoms with E-state index in [2.05, 4.69) is 150 Å². The average Bonchev–Trinajstić information content (AvgIpc) is 3.71. The molecule has 7 aromatic carbocycles. The largest absolute Gasteiger partial charge is 0.308 e. The van der Waals surface area contributed by atoms with Gasteiger partial charge in [-0.2, -0.15) is 0 Å². The SMILES string of the molecule is Cc1cccc(C)c1-n1c2ccccc2c2ccc(-n3c4ccccc4c4ccccc43)c(-c3nc(-c4ccccc4)nc(-c4ccccc4)n3)c21. The first-order valence-electron chi connectivity index (χ1n) is 17.6. The van der Waals surface area contributed by atoms with Crippen molar-refractivity contribution >= 4 is 43.6 Å². The monoisotopic (exact) mass is 667 g/mol. The normalized spacial score (nSPS) is 11.7. The van der Waals surface area contributed by atoms with Crippen molar-refractivity contribution < 1.29 is 0 Å². The summed E-state index contributed by atoms with van der Waals surface area (Å²) < 4.78 is 4.83. The van der Waals surface area contributed by atoms with Gasteiger partial charge in [-0.3, -0.25) is 0 Å². The number of hydrogen-bond donors (Lipinski definition) is 0. The summed E-state index contributed by atoms with van der Waals surface area (Å²) in [7, 11) is 0. The van der Waals surface area contributed by atoms with Gasteiger partial charge in [0.1, 0.15) is 0 Å². The van der Waals surface area contributed by atoms with Crippen molar-refractivity contribution in [2.24, 2.45) is 0 Å². The Morgan fingerprint density at radius 1 is 0.365 bits per heavy atom. The number of aryl methyl sites for hydroxylation is 2. The van der Waals surface area contributed by atoms with Crippen LogP contribution in [0.2, 0.25) is 0 Å². The van der Waals surface area contributed by atoms with Crippen molar-refractivity contribution in [1.82, 2.24) is 24.1 Å². The Kier molecular flexibility index (Phi) is 6.86. The Labute approximate surface area is 301 Å². The highest BCUT2D eigenvalue weighted by Crippen LogP contribution is 2.44. The number of aromatic nitrogens is 5. The lowest BCUT2D eigenvalue weighted by Gasteiger charge is -2.19. The Hall–Kier alpha value is -6.85. The van der Waals surface area contributed by atoms with Crippen LogP contribution in [-0.4, -0.2) is 24.1 Å². The van der Waals surface area contributed by atoms with E-state index < -0.39 is 0 Å². The lowest BCUT2D eigenvalue weighted by Crippen LogP contribution is -2.07. The molecule has 0 amide bonds. The summed E-state index contributed by atoms with van der Waals surface area (Å²) in [5.41, 5.74) is 11.8. The van der Waals surface area contributed by atoms with Crippen molar-refractivity contribution in [2.45, 2.75) is 13.8 Å². The van der Waals surface area contributed by atoms with E-state index in [1.165, 1.54) is 27.3 Å². The van der Waals surface area contributed by atoms with Gasteiger partial charge in [-0.1, -0.05) is 140 Å². The molecule has 3 heterocycles. The summed E-state index contributed by atoms with van der Waals surface area (Å²) in [6.45, 7) is 4.40. The summed E-state index contributed by atoms with van der Waals surface area (Å²) in [6, 6.07) is 57.5. The highest BCUT2D eigenvalue weighted by molar-refractivity contribution is 6.16. The molecule has 0 N–H and O–H groups in total. The van der Waals surface area contributed by atoms with Crippen molar-refractivity contribution in [3.8, 4) is 45.5 Å². The van der Waals surface area contributed by atoms with Crippen LogP contribution in [0.5, 0.6) is 0 Å². The van der Waals surface area contributed by atoms with E-state index in [0.29, 0.717) is 17.5 Å². The summed E-state index contributed by atoms with van der Waals surface area (Å²) in [4.78, 5) is 15.8. The summed E-state index contributed by atoms with van der Waals surface area (Å²) in [5, 5.41) is 4.71. The lowest BCUT2D eigenvalue weighted by atomic mass is 10.0. The third-order valence-corrected chi connectivity index (χ3v) is 10.2. The van der Waals surface area contributed by atoms with Gasteiger partial charge in [0.15, 0.2) is 17.5 Å². The molecule has 0 aliphatic carbocycles. The first kappa shape index (κ1) is 30.0. The molecule has 5 nitrogen and oxygen atoms in total. The van der Waals surface area contributed by atoms with Gasteiger partial charge in [0.05, 0.1) is 39.0 Å². The number of rotatable bonds is 5. The number of hydrogen-bond acceptors (Lipinski definition) is 3. The second kappa shape index (κ2) is 11.9. The van der Waals surface area contributed by atoms with Crippen LogP contribution < -0.4 is 0 Å². The topological polar surface area (TPSA) is 48.5 Å². The van der Waals surface area contributed by atoms with Gasteiger partial charge >= 0.3 is 0 Å². The molecule has 10 rings (SSSR count). The van der Waals surface area contributed by atoms with Crippen LogP contribution in [0.3, 0.4) is 0 Å². The van der Waals surface area contributed by atoms with Gasteiger partial charge < -0.3 is 9.13 Å². The van der Waals surface area contributed by atoms with Crippen LogP contribution in [0.1, 0.15) is 11.1 Å². The number of para-hydroxylation sites is 4. The smallest absolute Gasteiger partial charge is 0.168 e. The fourth-order valence-corrected chi connectivity index (χ4v) is 7.95. The fraction of sp³-hybridized carbons (Fsp3) is 0.0426. The quantitative estimate of drug-likeness (QED) is 0.184. The first-order valence-corrected chi connectivity index (χ1v) is 17.6. The zero-order chi connectivity index (χ0) is 34.8. The van der Waals surface area contributed by atoms with Crippen LogP contribution in [0.25, 0.3) is 89.2 Å². The Morgan fingerprint density at radius 2 is 0.808 bits per heavy atom. The molecule has 0 fully saturated rings. The van der Waals surface area contributed by atoms with Crippen LogP contribution in [0.15, 0.2) is 164 Å². The first-order chi connectivity index (χ1) is 25.7. The van der Waals surface area contributed by atoms with E-state index in [4.69, 9.17) is 15.0 Å². The number of nitrogens with zero attached hydrogens (tertiary/aromatic N) is 5. The highest BCUT2D eigenvalue weighted by atomic mass is 15.1. The molecule has 5 heteroatoms. The summed E-state index contributed by atoms with van der Waals surface area (Å²) >= 11 is 0. The standard InChI is InChI=1S/C47H33N5/c1-30-16-15-17-31(2)43(30)52-40-27-14-11-24-36(40)37-28-29-41(51-38-25-12-9-22-34(38)35-23-10-13-26-39(35)51)42(44(37)52)47-49-45(32-18-5-3-6-19-32)48-46(50-47)33-20-7-4-8-21-33/h3-29H,1-2H3. The molecule has 0 spiro atoms. The van der Waals surface area contributed by atoms with Gasteiger partial charge in [-0.25, -0.2) is 15.0 Å². The minimum absolute atomic E-state index is 0.616. The van der Waals surface area contributed by atoms with Gasteiger partial charge in [0.2, 0.25) is 0 Å². The second-order valence-corrected chi connectivity index (χ2v) is 13.4. The van der Waals surface area contributed by atoms with E-state index in [9.17, 15) is 0 Å². The molecule has 0 saturated heterocycles. The summed E-state index contributed by atoms with van der Waals surface area (Å²) in [5.74, 6) is 1.87. The minimum atomic E-state index is 0.616. The molecule has 0 atom stereocenters. The molecule has 52 heavy (non-hydrogen) atoms. The Balaban J connectivity index is 1.44. The molecule has 10 aromatic rings. The zero-order valence-corrected chi connectivity index (χ0v) is 28.8. The van der Waals surface area contributed by atoms with E-state index >= 15 is 0 Å². The van der Waals surface area contributed by atoms with E-state index in [1.54, 1.807) is 0 Å². The van der Waals surface area contributed by atoms with Crippen LogP contribution in [0.4, 0.5) is 0 Å². The van der Waals surface area contributed by atoms with Crippen LogP contribution >= 0.6 is 0 Å². The van der Waals surface area contributed by atoms with E-state index in [-0.39, 0.29) is 0 Å². The average molecular weight is 668 g/mol. The number of fused-ring (bicyclic) bond motifs is 6. The van der Waals surface area contributed by atoms with Crippen molar-refractivity contribution in [3.05, 3.63) is 175 Å². The van der Waals surface area contributed by atoms with Gasteiger partial charge in [-0.05, 0) is 49.2 Å². The van der Waals surface area contributed by atoms with Crippen molar-refractivity contribution in [1.29, 1.82) is 0 Å². The highest BCUT2D eigenvalue weighted by Gasteiger charge is 2.26. The maximum atomic E-state index is 5.38. The molecular formula is C47H33N5. The lowest BCUT2D eigenvalue weighted by molar-refractivity contribution is 1.06. The maximum absolute atomic E-state index is 5.38. The predicted octanol–water partition coefficient (Wildman–Crippen LogP) is 11.7. The number of benzene rings is 7. The molecule has 0 saturated carbocycles. The molecule has 0 unspecified atom stereocenters. The Bertz CT molecular complexity index is 2840. The third kappa shape index (κ3) is 4.60. The zero-order valence-electron chi connectivity index (χ0n) is 28.8. The van der Waals surface area contributed by atoms with Crippen molar-refractivity contribution in [3.63, 3.8) is 0 Å². The van der Waals surface area contributed by atoms with E-state index in [1.807, 2.05) is 36.4 Å². The van der Waals surface area contributed by atoms with Crippen LogP contribution in [-0.2, 0) is 0 Å². The molecule has 0 aliphatic rings. The Morgan fingerprint density at radius 3 is 1.35 bits per heavy atom. The fourth-order valence-electron chi connectivity index (χ4n) is 7.95. The predicted molar refractivity (Wildman–Crippen MR) is 214 cm³/mol. The van der Waals surface area contributed by atoms with Crippen molar-refractivity contribution in [2.75, 3.05) is 0 Å². The minimum Gasteiger partial charge on any atom is -0.308 e. The third-order valence-electron chi connectivity index (χ3n) is 10.2. The second-order valence-electron chi connectivity index (χ2n) is 13.4. The molecular weight excluding hydrogens is 635 g/mol. The van der Waals surface area contributed by atoms with Gasteiger partial charge in [0.25, 0.3) is 0 Å². The van der Waals surface area contributed by atoms with Gasteiger partial charge in [0, 0.05) is 32.7 Å². The summed E-state index contributed by atoms with van der Waals surface area (Å²) in [6.07, 6.45) is 0. The molecule has 0 radical (unpaired) electrons. The molecule has 246 valence electrons.